The molecule has 10 aromatic rings. The van der Waals surface area contributed by atoms with Crippen LogP contribution in [0.15, 0.2) is 255 Å². The predicted octanol–water partition coefficient (Wildman–Crippen LogP) is 17.3. The van der Waals surface area contributed by atoms with E-state index >= 15 is 0 Å². The molecule has 0 heterocycles. The normalized spacial score (nSPS) is 10.8. The monoisotopic (exact) mass is 942 g/mol. The third kappa shape index (κ3) is 10.0. The Morgan fingerprint density at radius 2 is 0.333 bits per heavy atom. The quantitative estimate of drug-likeness (QED) is 0.0895. The van der Waals surface area contributed by atoms with Gasteiger partial charge in [-0.1, -0.05) is 60.7 Å². The number of benzene rings is 10. The Morgan fingerprint density at radius 3 is 0.514 bits per heavy atom. The molecular formula is C64H54N4O4. The molecule has 8 nitrogen and oxygen atoms in total. The van der Waals surface area contributed by atoms with E-state index < -0.39 is 0 Å². The minimum atomic E-state index is 0.804. The molecule has 0 aliphatic heterocycles. The van der Waals surface area contributed by atoms with Crippen molar-refractivity contribution in [1.29, 1.82) is 0 Å². The van der Waals surface area contributed by atoms with E-state index in [4.69, 9.17) is 18.9 Å². The largest absolute Gasteiger partial charge is 0.497 e. The third-order valence-electron chi connectivity index (χ3n) is 12.7. The first-order valence-corrected chi connectivity index (χ1v) is 23.8. The molecule has 0 spiro atoms. The van der Waals surface area contributed by atoms with Gasteiger partial charge < -0.3 is 38.5 Å². The molecule has 8 heteroatoms. The van der Waals surface area contributed by atoms with Gasteiger partial charge in [0.25, 0.3) is 0 Å². The first kappa shape index (κ1) is 46.3. The van der Waals surface area contributed by atoms with Crippen molar-refractivity contribution in [3.63, 3.8) is 0 Å². The summed E-state index contributed by atoms with van der Waals surface area (Å²) in [6.45, 7) is 0. The molecule has 0 saturated heterocycles. The Labute approximate surface area is 422 Å². The average molecular weight is 943 g/mol. The fraction of sp³-hybridized carbons (Fsp3) is 0.0625. The summed E-state index contributed by atoms with van der Waals surface area (Å²) >= 11 is 0. The molecule has 10 rings (SSSR count). The molecule has 0 amide bonds. The van der Waals surface area contributed by atoms with E-state index in [0.717, 1.165) is 102 Å². The number of methoxy groups -OCH3 is 4. The second-order valence-electron chi connectivity index (χ2n) is 16.9. The summed E-state index contributed by atoms with van der Waals surface area (Å²) < 4.78 is 21.9. The van der Waals surface area contributed by atoms with Crippen molar-refractivity contribution in [3.8, 4) is 34.1 Å². The molecule has 0 fully saturated rings. The standard InChI is InChI=1S/C64H54N4O4/c1-69-61-39-31-57(32-40-61)67(58-33-41-62(70-2)42-34-58)55-27-23-53(24-28-55)65(49-11-7-5-8-12-49)51-19-15-47(16-20-51)48-17-21-52(22-18-48)66(50-13-9-6-10-14-50)54-25-29-56(30-26-54)68(59-35-43-63(71-3)44-36-59)60-37-45-64(72-4)46-38-60/h5-46H,1-4H3. The van der Waals surface area contributed by atoms with E-state index in [1.54, 1.807) is 28.4 Å². The Kier molecular flexibility index (Phi) is 13.8. The lowest BCUT2D eigenvalue weighted by Crippen LogP contribution is -2.12. The zero-order valence-electron chi connectivity index (χ0n) is 40.7. The molecule has 10 aromatic carbocycles. The molecule has 0 bridgehead atoms. The molecular weight excluding hydrogens is 889 g/mol. The van der Waals surface area contributed by atoms with Gasteiger partial charge in [0, 0.05) is 68.2 Å². The number of rotatable bonds is 17. The smallest absolute Gasteiger partial charge is 0.119 e. The van der Waals surface area contributed by atoms with Gasteiger partial charge in [-0.25, -0.2) is 0 Å². The van der Waals surface area contributed by atoms with Crippen molar-refractivity contribution in [2.75, 3.05) is 48.0 Å². The Hall–Kier alpha value is -9.40. The van der Waals surface area contributed by atoms with Gasteiger partial charge in [-0.2, -0.15) is 0 Å². The summed E-state index contributed by atoms with van der Waals surface area (Å²) in [5.74, 6) is 3.22. The van der Waals surface area contributed by atoms with E-state index in [9.17, 15) is 0 Å². The van der Waals surface area contributed by atoms with Gasteiger partial charge in [0.15, 0.2) is 0 Å². The summed E-state index contributed by atoms with van der Waals surface area (Å²) in [4.78, 5) is 9.04. The maximum absolute atomic E-state index is 5.48. The van der Waals surface area contributed by atoms with Gasteiger partial charge in [0.2, 0.25) is 0 Å². The highest BCUT2D eigenvalue weighted by atomic mass is 16.5. The lowest BCUT2D eigenvalue weighted by Gasteiger charge is -2.29. The molecule has 354 valence electrons. The van der Waals surface area contributed by atoms with Crippen LogP contribution in [0.25, 0.3) is 11.1 Å². The van der Waals surface area contributed by atoms with Crippen molar-refractivity contribution in [1.82, 2.24) is 0 Å². The van der Waals surface area contributed by atoms with E-state index in [1.165, 1.54) is 0 Å². The number of hydrogen-bond acceptors (Lipinski definition) is 8. The molecule has 0 unspecified atom stereocenters. The number of nitrogens with zero attached hydrogens (tertiary/aromatic N) is 4. The molecule has 0 N–H and O–H groups in total. The summed E-state index contributed by atoms with van der Waals surface area (Å²) in [5.41, 5.74) is 14.6. The molecule has 72 heavy (non-hydrogen) atoms. The number of para-hydroxylation sites is 2. The van der Waals surface area contributed by atoms with Crippen LogP contribution >= 0.6 is 0 Å². The van der Waals surface area contributed by atoms with Crippen molar-refractivity contribution < 1.29 is 18.9 Å². The van der Waals surface area contributed by atoms with Gasteiger partial charge in [-0.3, -0.25) is 0 Å². The van der Waals surface area contributed by atoms with Crippen molar-refractivity contribution in [3.05, 3.63) is 255 Å². The van der Waals surface area contributed by atoms with Crippen LogP contribution in [0.3, 0.4) is 0 Å². The van der Waals surface area contributed by atoms with Crippen LogP contribution in [0.4, 0.5) is 68.2 Å². The van der Waals surface area contributed by atoms with E-state index in [0.29, 0.717) is 0 Å². The molecule has 0 aliphatic carbocycles. The SMILES string of the molecule is COc1ccc(N(c2ccc(OC)cc2)c2ccc(N(c3ccccc3)c3ccc(-c4ccc(N(c5ccccc5)c5ccc(N(c6ccc(OC)cc6)c6ccc(OC)cc6)cc5)cc4)cc3)cc2)cc1. The van der Waals surface area contributed by atoms with Gasteiger partial charge in [-0.15, -0.1) is 0 Å². The van der Waals surface area contributed by atoms with Crippen LogP contribution in [0.5, 0.6) is 23.0 Å². The maximum Gasteiger partial charge on any atom is 0.119 e. The Balaban J connectivity index is 0.928. The zero-order chi connectivity index (χ0) is 49.2. The summed E-state index contributed by atoms with van der Waals surface area (Å²) in [5, 5.41) is 0. The van der Waals surface area contributed by atoms with Crippen molar-refractivity contribution in [2.24, 2.45) is 0 Å². The van der Waals surface area contributed by atoms with Gasteiger partial charge in [0.1, 0.15) is 23.0 Å². The van der Waals surface area contributed by atoms with Crippen molar-refractivity contribution >= 4 is 68.2 Å². The highest BCUT2D eigenvalue weighted by molar-refractivity contribution is 5.85. The Morgan fingerprint density at radius 1 is 0.181 bits per heavy atom. The summed E-state index contributed by atoms with van der Waals surface area (Å²) in [7, 11) is 6.74. The minimum Gasteiger partial charge on any atom is -0.497 e. The molecule has 0 saturated carbocycles. The number of ether oxygens (including phenoxy) is 4. The first-order chi connectivity index (χ1) is 35.5. The molecule has 0 radical (unpaired) electrons. The topological polar surface area (TPSA) is 49.9 Å². The van der Waals surface area contributed by atoms with Crippen LogP contribution in [0.1, 0.15) is 0 Å². The lowest BCUT2D eigenvalue weighted by molar-refractivity contribution is 0.414. The predicted molar refractivity (Wildman–Crippen MR) is 297 cm³/mol. The Bertz CT molecular complexity index is 2960. The fourth-order valence-electron chi connectivity index (χ4n) is 8.98. The van der Waals surface area contributed by atoms with Crippen LogP contribution in [0.2, 0.25) is 0 Å². The molecule has 0 aliphatic rings. The number of anilines is 12. The van der Waals surface area contributed by atoms with Gasteiger partial charge in [-0.05, 0) is 205 Å². The zero-order valence-corrected chi connectivity index (χ0v) is 40.7. The summed E-state index contributed by atoms with van der Waals surface area (Å²) in [6.07, 6.45) is 0. The maximum atomic E-state index is 5.48. The van der Waals surface area contributed by atoms with E-state index in [-0.39, 0.29) is 0 Å². The van der Waals surface area contributed by atoms with E-state index in [2.05, 4.69) is 226 Å². The van der Waals surface area contributed by atoms with Gasteiger partial charge in [0.05, 0.1) is 28.4 Å². The summed E-state index contributed by atoms with van der Waals surface area (Å²) in [6, 6.07) is 88.5. The van der Waals surface area contributed by atoms with E-state index in [1.807, 2.05) is 48.5 Å². The van der Waals surface area contributed by atoms with Crippen LogP contribution < -0.4 is 38.5 Å². The first-order valence-electron chi connectivity index (χ1n) is 23.8. The number of hydrogen-bond donors (Lipinski definition) is 0. The van der Waals surface area contributed by atoms with Crippen LogP contribution in [0, 0.1) is 0 Å². The molecule has 0 aromatic heterocycles. The second kappa shape index (κ2) is 21.5. The lowest BCUT2D eigenvalue weighted by atomic mass is 10.0. The third-order valence-corrected chi connectivity index (χ3v) is 12.7. The highest BCUT2D eigenvalue weighted by Gasteiger charge is 2.19. The molecule has 0 atom stereocenters. The average Bonchev–Trinajstić information content (AvgIpc) is 3.46. The highest BCUT2D eigenvalue weighted by Crippen LogP contribution is 2.43. The van der Waals surface area contributed by atoms with Crippen molar-refractivity contribution in [2.45, 2.75) is 0 Å². The second-order valence-corrected chi connectivity index (χ2v) is 16.9. The fourth-order valence-corrected chi connectivity index (χ4v) is 8.98. The van der Waals surface area contributed by atoms with Crippen LogP contribution in [-0.2, 0) is 0 Å². The minimum absolute atomic E-state index is 0.804. The van der Waals surface area contributed by atoms with Crippen LogP contribution in [-0.4, -0.2) is 28.4 Å². The van der Waals surface area contributed by atoms with Gasteiger partial charge >= 0.3 is 0 Å².